The van der Waals surface area contributed by atoms with Crippen molar-refractivity contribution >= 4 is 39.8 Å². The standard InChI is InChI=1S/C23H25FN6O3S/c1-10-7-14(9-26-20(10)24)28-21(32)17-11(2)18(30(4)12(17)3)19(31)22(33)27-13-5-6-15-16(8-13)34-23(25)29-15/h7,9,13H,5-6,8H2,1-4H3,(H2,25,29)(H,27,33)(H,28,32)/t13-/m0/s1. The molecule has 1 atom stereocenters. The van der Waals surface area contributed by atoms with E-state index in [0.717, 1.165) is 10.6 Å². The zero-order chi connectivity index (χ0) is 24.7. The topological polar surface area (TPSA) is 132 Å². The van der Waals surface area contributed by atoms with Crippen LogP contribution >= 0.6 is 11.3 Å². The number of hydrogen-bond acceptors (Lipinski definition) is 7. The summed E-state index contributed by atoms with van der Waals surface area (Å²) in [7, 11) is 1.64. The number of nitrogens with zero attached hydrogens (tertiary/aromatic N) is 3. The van der Waals surface area contributed by atoms with Gasteiger partial charge in [-0.15, -0.1) is 11.3 Å². The highest BCUT2D eigenvalue weighted by Gasteiger charge is 2.31. The van der Waals surface area contributed by atoms with Crippen LogP contribution in [0.1, 0.15) is 54.7 Å². The molecule has 3 heterocycles. The van der Waals surface area contributed by atoms with Crippen LogP contribution in [0.4, 0.5) is 15.2 Å². The van der Waals surface area contributed by atoms with Gasteiger partial charge in [-0.1, -0.05) is 0 Å². The number of ketones is 1. The summed E-state index contributed by atoms with van der Waals surface area (Å²) >= 11 is 1.40. The Hall–Kier alpha value is -3.60. The van der Waals surface area contributed by atoms with Crippen LogP contribution in [-0.2, 0) is 24.7 Å². The van der Waals surface area contributed by atoms with Crippen molar-refractivity contribution in [1.82, 2.24) is 19.9 Å². The minimum atomic E-state index is -0.722. The highest BCUT2D eigenvalue weighted by molar-refractivity contribution is 7.15. The van der Waals surface area contributed by atoms with E-state index in [1.54, 1.807) is 32.4 Å². The fourth-order valence-electron chi connectivity index (χ4n) is 4.33. The number of halogens is 1. The number of aromatic nitrogens is 3. The molecular weight excluding hydrogens is 459 g/mol. The molecule has 0 aromatic carbocycles. The number of carbonyl (C=O) groups excluding carboxylic acids is 3. The summed E-state index contributed by atoms with van der Waals surface area (Å²) < 4.78 is 15.0. The molecule has 0 saturated heterocycles. The Morgan fingerprint density at radius 1 is 1.26 bits per heavy atom. The number of pyridine rings is 1. The predicted octanol–water partition coefficient (Wildman–Crippen LogP) is 2.63. The SMILES string of the molecule is Cc1cc(NC(=O)c2c(C)c(C(=O)C(=O)N[C@H]3CCc4nc(N)sc4C3)n(C)c2C)cnc1F. The second-order valence-electron chi connectivity index (χ2n) is 8.44. The van der Waals surface area contributed by atoms with E-state index >= 15 is 0 Å². The first-order valence-electron chi connectivity index (χ1n) is 10.8. The summed E-state index contributed by atoms with van der Waals surface area (Å²) in [5.74, 6) is -2.52. The summed E-state index contributed by atoms with van der Waals surface area (Å²) in [6, 6.07) is 1.28. The maximum atomic E-state index is 13.4. The quantitative estimate of drug-likeness (QED) is 0.290. The molecule has 0 bridgehead atoms. The summed E-state index contributed by atoms with van der Waals surface area (Å²) in [6.07, 6.45) is 3.15. The number of thiazole rings is 1. The Labute approximate surface area is 199 Å². The average molecular weight is 485 g/mol. The van der Waals surface area contributed by atoms with E-state index in [2.05, 4.69) is 20.6 Å². The molecular formula is C23H25FN6O3S. The number of fused-ring (bicyclic) bond motifs is 1. The number of amides is 2. The molecule has 3 aromatic heterocycles. The van der Waals surface area contributed by atoms with Crippen molar-refractivity contribution in [1.29, 1.82) is 0 Å². The Morgan fingerprint density at radius 3 is 2.71 bits per heavy atom. The third-order valence-electron chi connectivity index (χ3n) is 6.14. The molecule has 3 aromatic rings. The minimum Gasteiger partial charge on any atom is -0.375 e. The highest BCUT2D eigenvalue weighted by atomic mass is 32.1. The first-order valence-corrected chi connectivity index (χ1v) is 11.6. The second kappa shape index (κ2) is 8.98. The van der Waals surface area contributed by atoms with E-state index in [4.69, 9.17) is 5.73 Å². The van der Waals surface area contributed by atoms with Gasteiger partial charge < -0.3 is 20.9 Å². The van der Waals surface area contributed by atoms with Crippen molar-refractivity contribution in [3.8, 4) is 0 Å². The monoisotopic (exact) mass is 484 g/mol. The third-order valence-corrected chi connectivity index (χ3v) is 7.09. The van der Waals surface area contributed by atoms with E-state index < -0.39 is 23.5 Å². The highest BCUT2D eigenvalue weighted by Crippen LogP contribution is 2.28. The van der Waals surface area contributed by atoms with Gasteiger partial charge >= 0.3 is 0 Å². The van der Waals surface area contributed by atoms with Gasteiger partial charge in [-0.3, -0.25) is 14.4 Å². The molecule has 0 fully saturated rings. The minimum absolute atomic E-state index is 0.145. The Kier molecular flexibility index (Phi) is 6.22. The van der Waals surface area contributed by atoms with Crippen molar-refractivity contribution in [2.75, 3.05) is 11.1 Å². The number of rotatable bonds is 5. The van der Waals surface area contributed by atoms with Gasteiger partial charge in [-0.25, -0.2) is 9.97 Å². The van der Waals surface area contributed by atoms with Gasteiger partial charge in [0.05, 0.1) is 28.8 Å². The normalized spacial score (nSPS) is 15.0. The van der Waals surface area contributed by atoms with E-state index in [-0.39, 0.29) is 17.3 Å². The first kappa shape index (κ1) is 23.6. The molecule has 34 heavy (non-hydrogen) atoms. The van der Waals surface area contributed by atoms with Gasteiger partial charge in [0, 0.05) is 35.6 Å². The lowest BCUT2D eigenvalue weighted by molar-refractivity contribution is -0.117. The number of nitrogens with two attached hydrogens (primary N) is 1. The predicted molar refractivity (Wildman–Crippen MR) is 127 cm³/mol. The number of Topliss-reactive ketones (excluding diaryl/α,β-unsaturated/α-hetero) is 1. The van der Waals surface area contributed by atoms with Crippen LogP contribution in [0, 0.1) is 26.7 Å². The van der Waals surface area contributed by atoms with Crippen LogP contribution in [-0.4, -0.2) is 38.2 Å². The van der Waals surface area contributed by atoms with Crippen LogP contribution in [0.3, 0.4) is 0 Å². The van der Waals surface area contributed by atoms with Crippen molar-refractivity contribution < 1.29 is 18.8 Å². The molecule has 0 saturated carbocycles. The lowest BCUT2D eigenvalue weighted by Crippen LogP contribution is -2.42. The van der Waals surface area contributed by atoms with E-state index in [0.29, 0.717) is 46.9 Å². The summed E-state index contributed by atoms with van der Waals surface area (Å²) in [6.45, 7) is 4.87. The summed E-state index contributed by atoms with van der Waals surface area (Å²) in [4.78, 5) is 47.8. The third kappa shape index (κ3) is 4.30. The number of nitrogens with one attached hydrogen (secondary N) is 2. The second-order valence-corrected chi connectivity index (χ2v) is 9.56. The molecule has 0 radical (unpaired) electrons. The number of carbonyl (C=O) groups is 3. The maximum absolute atomic E-state index is 13.4. The molecule has 2 amide bonds. The fraction of sp³-hybridized carbons (Fsp3) is 0.348. The van der Waals surface area contributed by atoms with Gasteiger partial charge in [-0.05, 0) is 45.2 Å². The molecule has 9 nitrogen and oxygen atoms in total. The fourth-order valence-corrected chi connectivity index (χ4v) is 5.29. The molecule has 4 rings (SSSR count). The van der Waals surface area contributed by atoms with Crippen molar-refractivity contribution in [3.63, 3.8) is 0 Å². The molecule has 4 N–H and O–H groups in total. The lowest BCUT2D eigenvalue weighted by atomic mass is 9.97. The summed E-state index contributed by atoms with van der Waals surface area (Å²) in [5, 5.41) is 6.01. The van der Waals surface area contributed by atoms with Gasteiger partial charge in [0.2, 0.25) is 5.95 Å². The van der Waals surface area contributed by atoms with Gasteiger partial charge in [0.25, 0.3) is 17.6 Å². The van der Waals surface area contributed by atoms with Gasteiger partial charge in [-0.2, -0.15) is 4.39 Å². The summed E-state index contributed by atoms with van der Waals surface area (Å²) in [5.41, 5.74) is 8.70. The largest absolute Gasteiger partial charge is 0.375 e. The zero-order valence-electron chi connectivity index (χ0n) is 19.3. The average Bonchev–Trinajstić information content (AvgIpc) is 3.25. The molecule has 11 heteroatoms. The van der Waals surface area contributed by atoms with E-state index in [9.17, 15) is 18.8 Å². The van der Waals surface area contributed by atoms with Crippen LogP contribution in [0.25, 0.3) is 0 Å². The maximum Gasteiger partial charge on any atom is 0.294 e. The molecule has 1 aliphatic rings. The first-order chi connectivity index (χ1) is 16.1. The lowest BCUT2D eigenvalue weighted by Gasteiger charge is -2.22. The van der Waals surface area contributed by atoms with Crippen LogP contribution in [0.5, 0.6) is 0 Å². The molecule has 1 aliphatic carbocycles. The number of hydrogen-bond donors (Lipinski definition) is 3. The van der Waals surface area contributed by atoms with Crippen molar-refractivity contribution in [2.45, 2.75) is 46.1 Å². The Bertz CT molecular complexity index is 1330. The molecule has 0 unspecified atom stereocenters. The smallest absolute Gasteiger partial charge is 0.294 e. The van der Waals surface area contributed by atoms with Crippen LogP contribution in [0.15, 0.2) is 12.3 Å². The van der Waals surface area contributed by atoms with Gasteiger partial charge in [0.15, 0.2) is 5.13 Å². The van der Waals surface area contributed by atoms with E-state index in [1.807, 2.05) is 0 Å². The molecule has 0 spiro atoms. The van der Waals surface area contributed by atoms with Crippen molar-refractivity contribution in [3.05, 3.63) is 56.9 Å². The van der Waals surface area contributed by atoms with Crippen LogP contribution < -0.4 is 16.4 Å². The van der Waals surface area contributed by atoms with E-state index in [1.165, 1.54) is 23.6 Å². The Morgan fingerprint density at radius 2 is 2.00 bits per heavy atom. The number of anilines is 2. The zero-order valence-corrected chi connectivity index (χ0v) is 20.1. The van der Waals surface area contributed by atoms with Crippen LogP contribution in [0.2, 0.25) is 0 Å². The number of aryl methyl sites for hydroxylation is 2. The van der Waals surface area contributed by atoms with Gasteiger partial charge in [0.1, 0.15) is 0 Å². The molecule has 0 aliphatic heterocycles. The molecule has 178 valence electrons. The van der Waals surface area contributed by atoms with Crippen molar-refractivity contribution in [2.24, 2.45) is 7.05 Å². The number of nitrogen functional groups attached to an aromatic ring is 1. The Balaban J connectivity index is 1.52.